The van der Waals surface area contributed by atoms with Crippen LogP contribution in [0.1, 0.15) is 20.3 Å². The summed E-state index contributed by atoms with van der Waals surface area (Å²) in [4.78, 5) is 32.4. The SMILES string of the molecule is CC[C@H](C)NC(=O)COC(=O)CSc1ncnc2sccc12. The van der Waals surface area contributed by atoms with Crippen molar-refractivity contribution in [1.82, 2.24) is 15.3 Å². The molecular formula is C14H17N3O3S2. The summed E-state index contributed by atoms with van der Waals surface area (Å²) in [6.07, 6.45) is 2.31. The minimum absolute atomic E-state index is 0.0773. The number of nitrogens with zero attached hydrogens (tertiary/aromatic N) is 2. The van der Waals surface area contributed by atoms with Gasteiger partial charge >= 0.3 is 5.97 Å². The summed E-state index contributed by atoms with van der Waals surface area (Å²) in [5.74, 6) is -0.611. The van der Waals surface area contributed by atoms with Crippen LogP contribution in [0.5, 0.6) is 0 Å². The van der Waals surface area contributed by atoms with Gasteiger partial charge in [-0.25, -0.2) is 9.97 Å². The van der Waals surface area contributed by atoms with Gasteiger partial charge in [-0.05, 0) is 24.8 Å². The number of thioether (sulfide) groups is 1. The van der Waals surface area contributed by atoms with E-state index < -0.39 is 5.97 Å². The third-order valence-electron chi connectivity index (χ3n) is 2.94. The first kappa shape index (κ1) is 16.7. The van der Waals surface area contributed by atoms with Crippen molar-refractivity contribution >= 4 is 45.2 Å². The van der Waals surface area contributed by atoms with E-state index in [0.29, 0.717) is 0 Å². The molecule has 22 heavy (non-hydrogen) atoms. The maximum atomic E-state index is 11.7. The molecule has 0 aliphatic carbocycles. The van der Waals surface area contributed by atoms with Crippen LogP contribution in [0, 0.1) is 0 Å². The van der Waals surface area contributed by atoms with Crippen molar-refractivity contribution in [2.24, 2.45) is 0 Å². The molecule has 0 aliphatic rings. The van der Waals surface area contributed by atoms with Gasteiger partial charge in [-0.3, -0.25) is 9.59 Å². The number of thiophene rings is 1. The Balaban J connectivity index is 1.78. The molecular weight excluding hydrogens is 322 g/mol. The van der Waals surface area contributed by atoms with E-state index in [0.717, 1.165) is 21.7 Å². The van der Waals surface area contributed by atoms with Crippen LogP contribution in [0.15, 0.2) is 22.8 Å². The molecule has 0 saturated carbocycles. The molecule has 8 heteroatoms. The van der Waals surface area contributed by atoms with Crippen LogP contribution in [0.4, 0.5) is 0 Å². The molecule has 118 valence electrons. The number of hydrogen-bond donors (Lipinski definition) is 1. The summed E-state index contributed by atoms with van der Waals surface area (Å²) in [5, 5.41) is 6.34. The third kappa shape index (κ3) is 4.67. The minimum atomic E-state index is -0.439. The Labute approximate surface area is 136 Å². The van der Waals surface area contributed by atoms with E-state index in [1.807, 2.05) is 25.3 Å². The van der Waals surface area contributed by atoms with Crippen molar-refractivity contribution in [3.05, 3.63) is 17.8 Å². The van der Waals surface area contributed by atoms with E-state index in [2.05, 4.69) is 15.3 Å². The zero-order valence-electron chi connectivity index (χ0n) is 12.4. The predicted molar refractivity (Wildman–Crippen MR) is 87.0 cm³/mol. The highest BCUT2D eigenvalue weighted by atomic mass is 32.2. The second kappa shape index (κ2) is 8.09. The summed E-state index contributed by atoms with van der Waals surface area (Å²) in [7, 11) is 0. The molecule has 1 atom stereocenters. The van der Waals surface area contributed by atoms with Gasteiger partial charge in [0.05, 0.1) is 5.75 Å². The number of carbonyl (C=O) groups excluding carboxylic acids is 2. The van der Waals surface area contributed by atoms with Gasteiger partial charge in [0.25, 0.3) is 5.91 Å². The molecule has 0 radical (unpaired) electrons. The van der Waals surface area contributed by atoms with E-state index in [1.54, 1.807) is 0 Å². The lowest BCUT2D eigenvalue weighted by Crippen LogP contribution is -2.35. The molecule has 0 bridgehead atoms. The number of carbonyl (C=O) groups is 2. The largest absolute Gasteiger partial charge is 0.455 e. The Morgan fingerprint density at radius 1 is 1.45 bits per heavy atom. The number of fused-ring (bicyclic) bond motifs is 1. The molecule has 2 rings (SSSR count). The van der Waals surface area contributed by atoms with Crippen molar-refractivity contribution in [2.45, 2.75) is 31.3 Å². The van der Waals surface area contributed by atoms with Gasteiger partial charge in [-0.1, -0.05) is 18.7 Å². The highest BCUT2D eigenvalue weighted by Crippen LogP contribution is 2.27. The number of esters is 1. The van der Waals surface area contributed by atoms with E-state index in [9.17, 15) is 9.59 Å². The van der Waals surface area contributed by atoms with Crippen LogP contribution in [0.2, 0.25) is 0 Å². The van der Waals surface area contributed by atoms with Crippen LogP contribution < -0.4 is 5.32 Å². The number of rotatable bonds is 7. The molecule has 0 aromatic carbocycles. The lowest BCUT2D eigenvalue weighted by atomic mass is 10.2. The quantitative estimate of drug-likeness (QED) is 0.473. The van der Waals surface area contributed by atoms with E-state index in [4.69, 9.17) is 4.74 Å². The maximum absolute atomic E-state index is 11.7. The molecule has 0 aliphatic heterocycles. The molecule has 1 amide bonds. The lowest BCUT2D eigenvalue weighted by Gasteiger charge is -2.11. The van der Waals surface area contributed by atoms with Crippen LogP contribution in [0.3, 0.4) is 0 Å². The lowest BCUT2D eigenvalue weighted by molar-refractivity contribution is -0.146. The van der Waals surface area contributed by atoms with Gasteiger partial charge < -0.3 is 10.1 Å². The van der Waals surface area contributed by atoms with Crippen LogP contribution in [-0.2, 0) is 14.3 Å². The maximum Gasteiger partial charge on any atom is 0.316 e. The van der Waals surface area contributed by atoms with Crippen LogP contribution >= 0.6 is 23.1 Å². The van der Waals surface area contributed by atoms with Gasteiger partial charge in [-0.2, -0.15) is 0 Å². The summed E-state index contributed by atoms with van der Waals surface area (Å²) in [5.41, 5.74) is 0. The second-order valence-electron chi connectivity index (χ2n) is 4.64. The first-order valence-electron chi connectivity index (χ1n) is 6.86. The minimum Gasteiger partial charge on any atom is -0.455 e. The Morgan fingerprint density at radius 2 is 2.27 bits per heavy atom. The molecule has 2 heterocycles. The number of ether oxygens (including phenoxy) is 1. The van der Waals surface area contributed by atoms with Gasteiger partial charge in [0.2, 0.25) is 0 Å². The van der Waals surface area contributed by atoms with Crippen molar-refractivity contribution < 1.29 is 14.3 Å². The van der Waals surface area contributed by atoms with Crippen LogP contribution in [-0.4, -0.2) is 40.2 Å². The zero-order chi connectivity index (χ0) is 15.9. The van der Waals surface area contributed by atoms with Crippen molar-refractivity contribution in [2.75, 3.05) is 12.4 Å². The summed E-state index contributed by atoms with van der Waals surface area (Å²) in [6, 6.07) is 2.00. The molecule has 0 spiro atoms. The summed E-state index contributed by atoms with van der Waals surface area (Å²) >= 11 is 2.81. The number of hydrogen-bond acceptors (Lipinski definition) is 7. The average molecular weight is 339 g/mol. The van der Waals surface area contributed by atoms with Gasteiger partial charge in [0.15, 0.2) is 6.61 Å². The number of nitrogens with one attached hydrogen (secondary N) is 1. The third-order valence-corrected chi connectivity index (χ3v) is 4.74. The smallest absolute Gasteiger partial charge is 0.316 e. The number of amides is 1. The van der Waals surface area contributed by atoms with Gasteiger partial charge in [0, 0.05) is 11.4 Å². The molecule has 1 N–H and O–H groups in total. The molecule has 0 saturated heterocycles. The fraction of sp³-hybridized carbons (Fsp3) is 0.429. The summed E-state index contributed by atoms with van der Waals surface area (Å²) in [6.45, 7) is 3.62. The predicted octanol–water partition coefficient (Wildman–Crippen LogP) is 2.24. The highest BCUT2D eigenvalue weighted by Gasteiger charge is 2.12. The first-order chi connectivity index (χ1) is 10.6. The Bertz CT molecular complexity index is 660. The van der Waals surface area contributed by atoms with Crippen molar-refractivity contribution in [1.29, 1.82) is 0 Å². The van der Waals surface area contributed by atoms with E-state index in [1.165, 1.54) is 29.4 Å². The average Bonchev–Trinajstić information content (AvgIpc) is 2.99. The van der Waals surface area contributed by atoms with E-state index >= 15 is 0 Å². The highest BCUT2D eigenvalue weighted by molar-refractivity contribution is 8.00. The molecule has 2 aromatic rings. The molecule has 6 nitrogen and oxygen atoms in total. The Kier molecular flexibility index (Phi) is 6.14. The second-order valence-corrected chi connectivity index (χ2v) is 6.50. The van der Waals surface area contributed by atoms with Crippen molar-refractivity contribution in [3.8, 4) is 0 Å². The van der Waals surface area contributed by atoms with Crippen LogP contribution in [0.25, 0.3) is 10.2 Å². The van der Waals surface area contributed by atoms with Gasteiger partial charge in [-0.15, -0.1) is 11.3 Å². The fourth-order valence-corrected chi connectivity index (χ4v) is 3.19. The monoisotopic (exact) mass is 339 g/mol. The first-order valence-corrected chi connectivity index (χ1v) is 8.72. The molecule has 2 aromatic heterocycles. The topological polar surface area (TPSA) is 81.2 Å². The Morgan fingerprint density at radius 3 is 3.05 bits per heavy atom. The Hall–Kier alpha value is -1.67. The number of aromatic nitrogens is 2. The molecule has 0 unspecified atom stereocenters. The normalized spacial score (nSPS) is 12.1. The fourth-order valence-electron chi connectivity index (χ4n) is 1.62. The van der Waals surface area contributed by atoms with Crippen molar-refractivity contribution in [3.63, 3.8) is 0 Å². The zero-order valence-corrected chi connectivity index (χ0v) is 14.0. The summed E-state index contributed by atoms with van der Waals surface area (Å²) < 4.78 is 4.95. The molecule has 0 fully saturated rings. The van der Waals surface area contributed by atoms with Gasteiger partial charge in [0.1, 0.15) is 16.2 Å². The van der Waals surface area contributed by atoms with E-state index in [-0.39, 0.29) is 24.3 Å². The standard InChI is InChI=1S/C14H17N3O3S2/c1-3-9(2)17-11(18)6-20-12(19)7-22-14-10-4-5-21-13(10)15-8-16-14/h4-5,8-9H,3,6-7H2,1-2H3,(H,17,18)/t9-/m0/s1.